The highest BCUT2D eigenvalue weighted by atomic mass is 79.9. The number of rotatable bonds is 7. The molecule has 2 aromatic rings. The molecule has 1 fully saturated rings. The van der Waals surface area contributed by atoms with Crippen molar-refractivity contribution in [2.45, 2.75) is 13.2 Å². The summed E-state index contributed by atoms with van der Waals surface area (Å²) in [5, 5.41) is 4.75. The first-order valence-electron chi connectivity index (χ1n) is 8.70. The van der Waals surface area contributed by atoms with Gasteiger partial charge in [-0.15, -0.1) is 0 Å². The molecule has 0 radical (unpaired) electrons. The minimum absolute atomic E-state index is 0.462. The maximum absolute atomic E-state index is 6.33. The van der Waals surface area contributed by atoms with Crippen LogP contribution < -0.4 is 10.1 Å². The van der Waals surface area contributed by atoms with Gasteiger partial charge in [0.1, 0.15) is 18.9 Å². The van der Waals surface area contributed by atoms with Crippen LogP contribution in [-0.2, 0) is 13.2 Å². The molecule has 0 aliphatic carbocycles. The van der Waals surface area contributed by atoms with Crippen molar-refractivity contribution >= 4 is 39.1 Å². The first kappa shape index (κ1) is 20.0. The zero-order valence-electron chi connectivity index (χ0n) is 15.1. The minimum Gasteiger partial charge on any atom is -0.489 e. The van der Waals surface area contributed by atoms with Gasteiger partial charge in [-0.05, 0) is 30.3 Å². The van der Waals surface area contributed by atoms with E-state index in [0.29, 0.717) is 16.7 Å². The van der Waals surface area contributed by atoms with Crippen LogP contribution in [0.2, 0.25) is 10.0 Å². The fourth-order valence-corrected chi connectivity index (χ4v) is 4.38. The summed E-state index contributed by atoms with van der Waals surface area (Å²) >= 11 is 15.9. The van der Waals surface area contributed by atoms with Gasteiger partial charge in [-0.2, -0.15) is 0 Å². The summed E-state index contributed by atoms with van der Waals surface area (Å²) in [6, 6.07) is 11.7. The van der Waals surface area contributed by atoms with Crippen LogP contribution in [0, 0.1) is 5.92 Å². The van der Waals surface area contributed by atoms with Gasteiger partial charge in [-0.3, -0.25) is 0 Å². The molecule has 1 N–H and O–H groups in total. The molecule has 1 saturated heterocycles. The maximum Gasteiger partial charge on any atom is 0.121 e. The van der Waals surface area contributed by atoms with Gasteiger partial charge < -0.3 is 14.5 Å². The van der Waals surface area contributed by atoms with Crippen LogP contribution >= 0.6 is 39.1 Å². The molecular formula is C20H24BrCl2N2O+. The smallest absolute Gasteiger partial charge is 0.121 e. The zero-order valence-corrected chi connectivity index (χ0v) is 18.2. The van der Waals surface area contributed by atoms with Crippen molar-refractivity contribution in [1.29, 1.82) is 0 Å². The largest absolute Gasteiger partial charge is 0.489 e. The molecule has 1 aliphatic rings. The van der Waals surface area contributed by atoms with Gasteiger partial charge in [0.25, 0.3) is 0 Å². The van der Waals surface area contributed by atoms with E-state index in [1.165, 1.54) is 5.56 Å². The Bertz CT molecular complexity index is 778. The van der Waals surface area contributed by atoms with Crippen LogP contribution in [0.3, 0.4) is 0 Å². The zero-order chi connectivity index (χ0) is 18.7. The highest BCUT2D eigenvalue weighted by Gasteiger charge is 2.27. The Morgan fingerprint density at radius 1 is 1.12 bits per heavy atom. The first-order chi connectivity index (χ1) is 12.3. The summed E-state index contributed by atoms with van der Waals surface area (Å²) in [4.78, 5) is 0. The third-order valence-electron chi connectivity index (χ3n) is 4.57. The Kier molecular flexibility index (Phi) is 6.52. The number of halogens is 3. The summed E-state index contributed by atoms with van der Waals surface area (Å²) < 4.78 is 7.87. The number of nitrogens with zero attached hydrogens (tertiary/aromatic N) is 1. The SMILES string of the molecule is C[N+](C)(Cc1cc(Cl)cc(OCc2ccc(Cl)cc2Br)c1)CC1CNC1. The molecule has 1 aliphatic heterocycles. The molecule has 0 amide bonds. The van der Waals surface area contributed by atoms with Gasteiger partial charge in [-0.1, -0.05) is 45.2 Å². The number of hydrogen-bond donors (Lipinski definition) is 1. The molecule has 0 aromatic heterocycles. The molecule has 0 saturated carbocycles. The Balaban J connectivity index is 1.66. The van der Waals surface area contributed by atoms with E-state index in [-0.39, 0.29) is 0 Å². The lowest BCUT2D eigenvalue weighted by atomic mass is 10.0. The van der Waals surface area contributed by atoms with Crippen LogP contribution in [0.5, 0.6) is 5.75 Å². The Labute approximate surface area is 174 Å². The second-order valence-corrected chi connectivity index (χ2v) is 9.35. The molecule has 140 valence electrons. The monoisotopic (exact) mass is 457 g/mol. The van der Waals surface area contributed by atoms with Crippen molar-refractivity contribution in [1.82, 2.24) is 5.32 Å². The average Bonchev–Trinajstić information content (AvgIpc) is 2.49. The average molecular weight is 459 g/mol. The summed E-state index contributed by atoms with van der Waals surface area (Å²) in [5.74, 6) is 1.56. The van der Waals surface area contributed by atoms with Gasteiger partial charge in [-0.25, -0.2) is 0 Å². The Hall–Kier alpha value is -0.780. The lowest BCUT2D eigenvalue weighted by Gasteiger charge is -2.37. The number of benzene rings is 2. The second kappa shape index (κ2) is 8.49. The molecule has 26 heavy (non-hydrogen) atoms. The van der Waals surface area contributed by atoms with Crippen molar-refractivity contribution in [2.75, 3.05) is 33.7 Å². The molecular weight excluding hydrogens is 435 g/mol. The summed E-state index contributed by atoms with van der Waals surface area (Å²) in [6.07, 6.45) is 0. The standard InChI is InChI=1S/C20H24BrCl2N2O/c1-25(2,12-15-9-24-10-15)11-14-5-18(23)7-19(6-14)26-13-16-3-4-17(22)8-20(16)21/h3-8,15,24H,9-13H2,1-2H3/q+1. The van der Waals surface area contributed by atoms with E-state index in [1.54, 1.807) is 0 Å². The molecule has 3 nitrogen and oxygen atoms in total. The van der Waals surface area contributed by atoms with E-state index in [0.717, 1.165) is 52.4 Å². The van der Waals surface area contributed by atoms with Gasteiger partial charge in [0.15, 0.2) is 0 Å². The fraction of sp³-hybridized carbons (Fsp3) is 0.400. The topological polar surface area (TPSA) is 21.3 Å². The van der Waals surface area contributed by atoms with E-state index in [9.17, 15) is 0 Å². The number of ether oxygens (including phenoxy) is 1. The van der Waals surface area contributed by atoms with Crippen LogP contribution in [0.15, 0.2) is 40.9 Å². The lowest BCUT2D eigenvalue weighted by molar-refractivity contribution is -0.907. The van der Waals surface area contributed by atoms with E-state index in [2.05, 4.69) is 41.4 Å². The highest BCUT2D eigenvalue weighted by Crippen LogP contribution is 2.27. The normalized spacial score (nSPS) is 15.0. The highest BCUT2D eigenvalue weighted by molar-refractivity contribution is 9.10. The lowest BCUT2D eigenvalue weighted by Crippen LogP contribution is -2.53. The van der Waals surface area contributed by atoms with E-state index in [1.807, 2.05) is 30.3 Å². The van der Waals surface area contributed by atoms with Gasteiger partial charge >= 0.3 is 0 Å². The van der Waals surface area contributed by atoms with Crippen LogP contribution in [0.1, 0.15) is 11.1 Å². The van der Waals surface area contributed by atoms with Crippen molar-refractivity contribution < 1.29 is 9.22 Å². The van der Waals surface area contributed by atoms with Crippen LogP contribution in [0.25, 0.3) is 0 Å². The molecule has 6 heteroatoms. The molecule has 3 rings (SSSR count). The number of quaternary nitrogens is 1. The molecule has 0 unspecified atom stereocenters. The third kappa shape index (κ3) is 5.61. The Morgan fingerprint density at radius 2 is 1.88 bits per heavy atom. The number of nitrogens with one attached hydrogen (secondary N) is 1. The predicted octanol–water partition coefficient (Wildman–Crippen LogP) is 5.13. The first-order valence-corrected chi connectivity index (χ1v) is 10.2. The Morgan fingerprint density at radius 3 is 2.54 bits per heavy atom. The van der Waals surface area contributed by atoms with E-state index >= 15 is 0 Å². The molecule has 0 bridgehead atoms. The predicted molar refractivity (Wildman–Crippen MR) is 112 cm³/mol. The van der Waals surface area contributed by atoms with E-state index in [4.69, 9.17) is 27.9 Å². The molecule has 0 atom stereocenters. The van der Waals surface area contributed by atoms with Crippen LogP contribution in [0.4, 0.5) is 0 Å². The quantitative estimate of drug-likeness (QED) is 0.580. The minimum atomic E-state index is 0.462. The van der Waals surface area contributed by atoms with Crippen molar-refractivity contribution in [2.24, 2.45) is 5.92 Å². The maximum atomic E-state index is 6.33. The van der Waals surface area contributed by atoms with Crippen molar-refractivity contribution in [3.63, 3.8) is 0 Å². The third-order valence-corrected chi connectivity index (χ3v) is 5.76. The van der Waals surface area contributed by atoms with Crippen LogP contribution in [-0.4, -0.2) is 38.2 Å². The van der Waals surface area contributed by atoms with Gasteiger partial charge in [0.05, 0.1) is 20.6 Å². The number of hydrogen-bond acceptors (Lipinski definition) is 2. The summed E-state index contributed by atoms with van der Waals surface area (Å²) in [6.45, 7) is 4.80. The van der Waals surface area contributed by atoms with E-state index < -0.39 is 0 Å². The molecule has 1 heterocycles. The van der Waals surface area contributed by atoms with Crippen molar-refractivity contribution in [3.05, 3.63) is 62.0 Å². The fourth-order valence-electron chi connectivity index (χ4n) is 3.33. The van der Waals surface area contributed by atoms with Crippen molar-refractivity contribution in [3.8, 4) is 5.75 Å². The second-order valence-electron chi connectivity index (χ2n) is 7.62. The summed E-state index contributed by atoms with van der Waals surface area (Å²) in [7, 11) is 4.54. The molecule has 2 aromatic carbocycles. The van der Waals surface area contributed by atoms with Gasteiger partial charge in [0.2, 0.25) is 0 Å². The summed E-state index contributed by atoms with van der Waals surface area (Å²) in [5.41, 5.74) is 2.24. The molecule has 0 spiro atoms. The van der Waals surface area contributed by atoms with Gasteiger partial charge in [0, 0.05) is 44.7 Å².